The number of nitrogens with one attached hydrogen (secondary N) is 2. The molecule has 0 bridgehead atoms. The minimum Gasteiger partial charge on any atom is -0.445 e. The predicted molar refractivity (Wildman–Crippen MR) is 146 cm³/mol. The molecule has 1 aliphatic heterocycles. The van der Waals surface area contributed by atoms with Gasteiger partial charge in [0.2, 0.25) is 5.95 Å². The first-order valence-electron chi connectivity index (χ1n) is 12.6. The molecule has 4 aromatic rings. The van der Waals surface area contributed by atoms with Gasteiger partial charge in [0.05, 0.1) is 18.4 Å². The topological polar surface area (TPSA) is 130 Å². The van der Waals surface area contributed by atoms with Crippen LogP contribution in [0.15, 0.2) is 67.0 Å². The van der Waals surface area contributed by atoms with Crippen molar-refractivity contribution in [2.45, 2.75) is 20.1 Å². The summed E-state index contributed by atoms with van der Waals surface area (Å²) in [4.78, 5) is 38.1. The number of ether oxygens (including phenoxy) is 1. The Kier molecular flexibility index (Phi) is 7.62. The summed E-state index contributed by atoms with van der Waals surface area (Å²) in [6.45, 7) is 4.08. The van der Waals surface area contributed by atoms with Crippen LogP contribution < -0.4 is 20.4 Å². The van der Waals surface area contributed by atoms with Crippen molar-refractivity contribution in [3.63, 3.8) is 0 Å². The number of hydrogen-bond donors (Lipinski definition) is 2. The van der Waals surface area contributed by atoms with E-state index in [4.69, 9.17) is 4.74 Å². The molecule has 2 amide bonds. The largest absolute Gasteiger partial charge is 0.445 e. The molecule has 2 aromatic carbocycles. The van der Waals surface area contributed by atoms with Crippen molar-refractivity contribution in [2.24, 2.45) is 0 Å². The number of carbonyl (C=O) groups is 2. The van der Waals surface area contributed by atoms with Gasteiger partial charge < -0.3 is 25.2 Å². The molecule has 0 unspecified atom stereocenters. The summed E-state index contributed by atoms with van der Waals surface area (Å²) in [5.74, 6) is 0.916. The maximum absolute atomic E-state index is 13.5. The van der Waals surface area contributed by atoms with Crippen LogP contribution in [0.5, 0.6) is 0 Å². The minimum absolute atomic E-state index is 0.163. The third-order valence-corrected chi connectivity index (χ3v) is 6.17. The zero-order valence-corrected chi connectivity index (χ0v) is 21.7. The van der Waals surface area contributed by atoms with E-state index in [1.807, 2.05) is 73.5 Å². The lowest BCUT2D eigenvalue weighted by Gasteiger charge is -2.21. The summed E-state index contributed by atoms with van der Waals surface area (Å²) in [6, 6.07) is 16.9. The monoisotopic (exact) mass is 527 g/mol. The molecule has 0 aliphatic carbocycles. The second-order valence-electron chi connectivity index (χ2n) is 8.93. The highest BCUT2D eigenvalue weighted by atomic mass is 16.5. The number of benzene rings is 2. The highest BCUT2D eigenvalue weighted by Crippen LogP contribution is 2.27. The van der Waals surface area contributed by atoms with E-state index in [2.05, 4.69) is 30.9 Å². The lowest BCUT2D eigenvalue weighted by molar-refractivity contribution is 0.0989. The molecule has 2 N–H and O–H groups in total. The summed E-state index contributed by atoms with van der Waals surface area (Å²) < 4.78 is 6.84. The smallest absolute Gasteiger partial charge is 0.407 e. The maximum atomic E-state index is 13.5. The molecule has 39 heavy (non-hydrogen) atoms. The van der Waals surface area contributed by atoms with Gasteiger partial charge in [0.25, 0.3) is 5.91 Å². The van der Waals surface area contributed by atoms with Gasteiger partial charge in [-0.05, 0) is 30.7 Å². The summed E-state index contributed by atoms with van der Waals surface area (Å²) in [5.41, 5.74) is 3.35. The Balaban J connectivity index is 1.26. The number of carbonyl (C=O) groups excluding carboxylic acids is 2. The second-order valence-corrected chi connectivity index (χ2v) is 8.93. The predicted octanol–water partition coefficient (Wildman–Crippen LogP) is 3.01. The van der Waals surface area contributed by atoms with Crippen molar-refractivity contribution in [1.29, 1.82) is 0 Å². The van der Waals surface area contributed by atoms with Gasteiger partial charge >= 0.3 is 6.09 Å². The Morgan fingerprint density at radius 1 is 1.08 bits per heavy atom. The number of likely N-dealkylation sites (N-methyl/N-ethyl adjacent to an activating group) is 1. The number of nitrogens with zero attached hydrogens (tertiary/aromatic N) is 7. The molecule has 0 saturated carbocycles. The molecule has 0 radical (unpaired) electrons. The summed E-state index contributed by atoms with van der Waals surface area (Å²) in [6.07, 6.45) is 2.75. The SMILES string of the molecule is CCNc1ncc2c(n1)N(C)CCN(c1cccc(-n3cc(CNC(=O)OCc4ccccc4)nn3)c1)C2=O. The fourth-order valence-electron chi connectivity index (χ4n) is 4.15. The molecule has 5 rings (SSSR count). The Bertz CT molecular complexity index is 1460. The Morgan fingerprint density at radius 3 is 2.72 bits per heavy atom. The molecule has 12 nitrogen and oxygen atoms in total. The van der Waals surface area contributed by atoms with E-state index >= 15 is 0 Å². The number of fused-ring (bicyclic) bond motifs is 1. The van der Waals surface area contributed by atoms with Crippen molar-refractivity contribution in [3.05, 3.63) is 83.8 Å². The van der Waals surface area contributed by atoms with Gasteiger partial charge in [-0.3, -0.25) is 4.79 Å². The number of amides is 2. The molecule has 200 valence electrons. The van der Waals surface area contributed by atoms with Crippen molar-refractivity contribution < 1.29 is 14.3 Å². The fraction of sp³-hybridized carbons (Fsp3) is 0.259. The zero-order valence-electron chi connectivity index (χ0n) is 21.7. The van der Waals surface area contributed by atoms with Gasteiger partial charge in [-0.1, -0.05) is 41.6 Å². The third kappa shape index (κ3) is 5.95. The maximum Gasteiger partial charge on any atom is 0.407 e. The van der Waals surface area contributed by atoms with Crippen LogP contribution in [0.2, 0.25) is 0 Å². The van der Waals surface area contributed by atoms with E-state index in [1.54, 1.807) is 22.0 Å². The minimum atomic E-state index is -0.540. The van der Waals surface area contributed by atoms with Crippen LogP contribution in [-0.4, -0.2) is 63.6 Å². The van der Waals surface area contributed by atoms with E-state index < -0.39 is 6.09 Å². The molecule has 1 aliphatic rings. The summed E-state index contributed by atoms with van der Waals surface area (Å²) in [7, 11) is 1.91. The Morgan fingerprint density at radius 2 is 1.90 bits per heavy atom. The number of rotatable bonds is 8. The van der Waals surface area contributed by atoms with Crippen molar-refractivity contribution in [2.75, 3.05) is 41.8 Å². The third-order valence-electron chi connectivity index (χ3n) is 6.17. The van der Waals surface area contributed by atoms with Crippen molar-refractivity contribution >= 4 is 29.5 Å². The standard InChI is InChI=1S/C27H29N9O3/c1-3-28-26-29-16-23-24(31-26)34(2)12-13-35(25(23)37)21-10-7-11-22(14-21)36-17-20(32-33-36)15-30-27(38)39-18-19-8-5-4-6-9-19/h4-11,14,16-17H,3,12-13,15,18H2,1-2H3,(H,30,38)(H,28,29,31). The molecule has 0 atom stereocenters. The van der Waals surface area contributed by atoms with Crippen LogP contribution in [0.3, 0.4) is 0 Å². The van der Waals surface area contributed by atoms with Crippen LogP contribution in [0.1, 0.15) is 28.5 Å². The number of aromatic nitrogens is 5. The first-order chi connectivity index (χ1) is 19.0. The Labute approximate surface area is 225 Å². The van der Waals surface area contributed by atoms with Crippen LogP contribution >= 0.6 is 0 Å². The number of alkyl carbamates (subject to hydrolysis) is 1. The fourth-order valence-corrected chi connectivity index (χ4v) is 4.15. The molecule has 2 aromatic heterocycles. The Hall–Kier alpha value is -5.00. The molecule has 3 heterocycles. The normalized spacial score (nSPS) is 13.0. The average Bonchev–Trinajstić information content (AvgIpc) is 3.40. The van der Waals surface area contributed by atoms with E-state index in [1.165, 1.54) is 0 Å². The van der Waals surface area contributed by atoms with Crippen LogP contribution in [-0.2, 0) is 17.9 Å². The first-order valence-corrected chi connectivity index (χ1v) is 12.6. The van der Waals surface area contributed by atoms with E-state index in [-0.39, 0.29) is 19.1 Å². The average molecular weight is 528 g/mol. The van der Waals surface area contributed by atoms with Crippen molar-refractivity contribution in [1.82, 2.24) is 30.3 Å². The van der Waals surface area contributed by atoms with Gasteiger partial charge in [-0.2, -0.15) is 4.98 Å². The second kappa shape index (κ2) is 11.6. The van der Waals surface area contributed by atoms with Gasteiger partial charge in [-0.25, -0.2) is 14.5 Å². The highest BCUT2D eigenvalue weighted by molar-refractivity contribution is 6.09. The van der Waals surface area contributed by atoms with Crippen LogP contribution in [0.4, 0.5) is 22.2 Å². The number of hydrogen-bond acceptors (Lipinski definition) is 9. The molecular weight excluding hydrogens is 498 g/mol. The van der Waals surface area contributed by atoms with E-state index in [0.717, 1.165) is 11.3 Å². The van der Waals surface area contributed by atoms with Gasteiger partial charge in [-0.15, -0.1) is 5.10 Å². The first kappa shape index (κ1) is 25.6. The zero-order chi connectivity index (χ0) is 27.2. The highest BCUT2D eigenvalue weighted by Gasteiger charge is 2.28. The van der Waals surface area contributed by atoms with Crippen LogP contribution in [0.25, 0.3) is 5.69 Å². The molecule has 0 saturated heterocycles. The summed E-state index contributed by atoms with van der Waals surface area (Å²) >= 11 is 0. The van der Waals surface area contributed by atoms with Gasteiger partial charge in [0, 0.05) is 38.6 Å². The quantitative estimate of drug-likeness (QED) is 0.355. The summed E-state index contributed by atoms with van der Waals surface area (Å²) in [5, 5.41) is 14.1. The lowest BCUT2D eigenvalue weighted by atomic mass is 10.2. The van der Waals surface area contributed by atoms with Gasteiger partial charge in [0.1, 0.15) is 23.7 Å². The molecular formula is C27H29N9O3. The van der Waals surface area contributed by atoms with Crippen molar-refractivity contribution in [3.8, 4) is 5.69 Å². The van der Waals surface area contributed by atoms with Crippen LogP contribution in [0, 0.1) is 0 Å². The lowest BCUT2D eigenvalue weighted by Crippen LogP contribution is -2.33. The number of anilines is 3. The molecule has 0 fully saturated rings. The van der Waals surface area contributed by atoms with Gasteiger partial charge in [0.15, 0.2) is 0 Å². The van der Waals surface area contributed by atoms with E-state index in [9.17, 15) is 9.59 Å². The molecule has 12 heteroatoms. The molecule has 0 spiro atoms. The van der Waals surface area contributed by atoms with E-state index in [0.29, 0.717) is 48.3 Å².